The van der Waals surface area contributed by atoms with Gasteiger partial charge in [-0.25, -0.2) is 0 Å². The van der Waals surface area contributed by atoms with Crippen LogP contribution in [0, 0.1) is 6.92 Å². The number of pyridine rings is 1. The molecular formula is C23H28N4O. The van der Waals surface area contributed by atoms with E-state index in [1.165, 1.54) is 5.56 Å². The number of amides is 1. The van der Waals surface area contributed by atoms with Gasteiger partial charge in [-0.1, -0.05) is 36.4 Å². The molecule has 0 N–H and O–H groups in total. The zero-order chi connectivity index (χ0) is 19.9. The minimum atomic E-state index is 0.00802. The van der Waals surface area contributed by atoms with E-state index in [1.807, 2.05) is 49.1 Å². The standard InChI is InChI=1S/C23H28N4O/c1-4-27-22(16-18(2)25-27)23(28)26(17-21-12-8-9-15-24-21)19(3)13-14-20-10-6-5-7-11-20/h5-12,15-16,19H,4,13-14,17H2,1-3H3/t19-/m1/s1. The van der Waals surface area contributed by atoms with Gasteiger partial charge in [0, 0.05) is 18.8 Å². The van der Waals surface area contributed by atoms with E-state index in [0.717, 1.165) is 24.2 Å². The Balaban J connectivity index is 1.82. The van der Waals surface area contributed by atoms with Crippen molar-refractivity contribution in [2.45, 2.75) is 52.7 Å². The Hall–Kier alpha value is -2.95. The Morgan fingerprint density at radius 1 is 1.14 bits per heavy atom. The maximum atomic E-state index is 13.4. The summed E-state index contributed by atoms with van der Waals surface area (Å²) in [7, 11) is 0. The van der Waals surface area contributed by atoms with Gasteiger partial charge in [-0.2, -0.15) is 5.10 Å². The molecule has 0 saturated heterocycles. The number of rotatable bonds is 8. The fourth-order valence-electron chi connectivity index (χ4n) is 3.38. The highest BCUT2D eigenvalue weighted by molar-refractivity contribution is 5.93. The zero-order valence-electron chi connectivity index (χ0n) is 16.9. The van der Waals surface area contributed by atoms with Crippen LogP contribution in [-0.4, -0.2) is 31.6 Å². The number of aryl methyl sites for hydroxylation is 3. The highest BCUT2D eigenvalue weighted by atomic mass is 16.2. The Morgan fingerprint density at radius 2 is 1.89 bits per heavy atom. The molecule has 3 rings (SSSR count). The van der Waals surface area contributed by atoms with Crippen LogP contribution < -0.4 is 0 Å². The third-order valence-electron chi connectivity index (χ3n) is 4.97. The molecule has 2 heterocycles. The summed E-state index contributed by atoms with van der Waals surface area (Å²) in [4.78, 5) is 19.8. The molecule has 0 aliphatic rings. The first-order valence-corrected chi connectivity index (χ1v) is 9.87. The summed E-state index contributed by atoms with van der Waals surface area (Å²) in [5.41, 5.74) is 3.68. The molecule has 5 heteroatoms. The van der Waals surface area contributed by atoms with Crippen LogP contribution >= 0.6 is 0 Å². The summed E-state index contributed by atoms with van der Waals surface area (Å²) in [6.45, 7) is 7.20. The Morgan fingerprint density at radius 3 is 2.57 bits per heavy atom. The lowest BCUT2D eigenvalue weighted by Crippen LogP contribution is -2.39. The van der Waals surface area contributed by atoms with Crippen molar-refractivity contribution in [3.8, 4) is 0 Å². The van der Waals surface area contributed by atoms with Gasteiger partial charge in [-0.3, -0.25) is 14.5 Å². The molecule has 28 heavy (non-hydrogen) atoms. The third kappa shape index (κ3) is 4.85. The van der Waals surface area contributed by atoms with Gasteiger partial charge in [0.25, 0.3) is 5.91 Å². The van der Waals surface area contributed by atoms with Crippen LogP contribution in [0.1, 0.15) is 47.7 Å². The lowest BCUT2D eigenvalue weighted by molar-refractivity contribution is 0.0652. The second-order valence-electron chi connectivity index (χ2n) is 7.11. The molecule has 0 saturated carbocycles. The van der Waals surface area contributed by atoms with E-state index in [9.17, 15) is 4.79 Å². The number of carbonyl (C=O) groups is 1. The first-order chi connectivity index (χ1) is 13.6. The topological polar surface area (TPSA) is 51.0 Å². The molecule has 0 spiro atoms. The second kappa shape index (κ2) is 9.31. The highest BCUT2D eigenvalue weighted by Gasteiger charge is 2.25. The summed E-state index contributed by atoms with van der Waals surface area (Å²) < 4.78 is 1.78. The molecule has 1 atom stereocenters. The Labute approximate surface area is 167 Å². The first kappa shape index (κ1) is 19.8. The molecule has 1 aromatic carbocycles. The maximum Gasteiger partial charge on any atom is 0.272 e. The molecule has 0 radical (unpaired) electrons. The molecule has 3 aromatic rings. The van der Waals surface area contributed by atoms with E-state index >= 15 is 0 Å². The van der Waals surface area contributed by atoms with Gasteiger partial charge in [0.1, 0.15) is 5.69 Å². The summed E-state index contributed by atoms with van der Waals surface area (Å²) in [5.74, 6) is 0.00802. The summed E-state index contributed by atoms with van der Waals surface area (Å²) in [6, 6.07) is 18.2. The molecular weight excluding hydrogens is 348 g/mol. The van der Waals surface area contributed by atoms with Gasteiger partial charge in [-0.05, 0) is 57.4 Å². The van der Waals surface area contributed by atoms with Gasteiger partial charge in [-0.15, -0.1) is 0 Å². The largest absolute Gasteiger partial charge is 0.329 e. The molecule has 0 unspecified atom stereocenters. The van der Waals surface area contributed by atoms with Crippen molar-refractivity contribution in [1.82, 2.24) is 19.7 Å². The van der Waals surface area contributed by atoms with Crippen molar-refractivity contribution in [2.24, 2.45) is 0 Å². The number of nitrogens with zero attached hydrogens (tertiary/aromatic N) is 4. The smallest absolute Gasteiger partial charge is 0.272 e. The zero-order valence-corrected chi connectivity index (χ0v) is 16.9. The minimum absolute atomic E-state index is 0.00802. The van der Waals surface area contributed by atoms with E-state index in [-0.39, 0.29) is 11.9 Å². The monoisotopic (exact) mass is 376 g/mol. The van der Waals surface area contributed by atoms with E-state index in [4.69, 9.17) is 0 Å². The van der Waals surface area contributed by atoms with Crippen molar-refractivity contribution in [3.63, 3.8) is 0 Å². The van der Waals surface area contributed by atoms with E-state index in [0.29, 0.717) is 18.8 Å². The predicted octanol–water partition coefficient (Wildman–Crippen LogP) is 4.27. The molecule has 0 aliphatic heterocycles. The average molecular weight is 377 g/mol. The molecule has 0 aliphatic carbocycles. The van der Waals surface area contributed by atoms with E-state index < -0.39 is 0 Å². The van der Waals surface area contributed by atoms with Crippen LogP contribution in [0.25, 0.3) is 0 Å². The molecule has 0 fully saturated rings. The van der Waals surface area contributed by atoms with Gasteiger partial charge in [0.05, 0.1) is 17.9 Å². The number of hydrogen-bond acceptors (Lipinski definition) is 3. The van der Waals surface area contributed by atoms with Crippen molar-refractivity contribution in [3.05, 3.63) is 83.4 Å². The Kier molecular flexibility index (Phi) is 6.58. The van der Waals surface area contributed by atoms with Gasteiger partial charge in [0.15, 0.2) is 0 Å². The van der Waals surface area contributed by atoms with E-state index in [1.54, 1.807) is 10.9 Å². The average Bonchev–Trinajstić information content (AvgIpc) is 3.12. The van der Waals surface area contributed by atoms with Crippen molar-refractivity contribution in [1.29, 1.82) is 0 Å². The number of benzene rings is 1. The number of hydrogen-bond donors (Lipinski definition) is 0. The molecule has 5 nitrogen and oxygen atoms in total. The summed E-state index contributed by atoms with van der Waals surface area (Å²) in [6.07, 6.45) is 3.59. The summed E-state index contributed by atoms with van der Waals surface area (Å²) in [5, 5.41) is 4.45. The van der Waals surface area contributed by atoms with E-state index in [2.05, 4.69) is 41.3 Å². The van der Waals surface area contributed by atoms with Crippen LogP contribution in [0.15, 0.2) is 60.8 Å². The molecule has 146 valence electrons. The quantitative estimate of drug-likeness (QED) is 0.590. The van der Waals surface area contributed by atoms with Crippen molar-refractivity contribution in [2.75, 3.05) is 0 Å². The molecule has 0 bridgehead atoms. The lowest BCUT2D eigenvalue weighted by Gasteiger charge is -2.29. The van der Waals surface area contributed by atoms with Crippen molar-refractivity contribution >= 4 is 5.91 Å². The fraction of sp³-hybridized carbons (Fsp3) is 0.348. The van der Waals surface area contributed by atoms with Gasteiger partial charge in [0.2, 0.25) is 0 Å². The molecule has 2 aromatic heterocycles. The van der Waals surface area contributed by atoms with Gasteiger partial charge >= 0.3 is 0 Å². The molecule has 1 amide bonds. The first-order valence-electron chi connectivity index (χ1n) is 9.87. The Bertz CT molecular complexity index is 889. The van der Waals surface area contributed by atoms with Crippen LogP contribution in [0.5, 0.6) is 0 Å². The number of carbonyl (C=O) groups excluding carboxylic acids is 1. The van der Waals surface area contributed by atoms with Crippen LogP contribution in [0.2, 0.25) is 0 Å². The maximum absolute atomic E-state index is 13.4. The third-order valence-corrected chi connectivity index (χ3v) is 4.97. The van der Waals surface area contributed by atoms with Crippen LogP contribution in [-0.2, 0) is 19.5 Å². The second-order valence-corrected chi connectivity index (χ2v) is 7.11. The van der Waals surface area contributed by atoms with Crippen molar-refractivity contribution < 1.29 is 4.79 Å². The SMILES string of the molecule is CCn1nc(C)cc1C(=O)N(Cc1ccccn1)[C@H](C)CCc1ccccc1. The lowest BCUT2D eigenvalue weighted by atomic mass is 10.0. The minimum Gasteiger partial charge on any atom is -0.329 e. The number of aromatic nitrogens is 3. The van der Waals surface area contributed by atoms with Gasteiger partial charge < -0.3 is 4.90 Å². The van der Waals surface area contributed by atoms with Crippen LogP contribution in [0.4, 0.5) is 0 Å². The predicted molar refractivity (Wildman–Crippen MR) is 111 cm³/mol. The van der Waals surface area contributed by atoms with Crippen LogP contribution in [0.3, 0.4) is 0 Å². The fourth-order valence-corrected chi connectivity index (χ4v) is 3.38. The normalized spacial score (nSPS) is 12.0. The highest BCUT2D eigenvalue weighted by Crippen LogP contribution is 2.17. The summed E-state index contributed by atoms with van der Waals surface area (Å²) >= 11 is 0.